The molecule has 104 valence electrons. The number of benzene rings is 1. The molecule has 2 unspecified atom stereocenters. The number of nitrogens with two attached hydrogens (primary N) is 1. The number of nitrogens with zero attached hydrogens (tertiary/aromatic N) is 1. The minimum absolute atomic E-state index is 0.0499. The van der Waals surface area contributed by atoms with Gasteiger partial charge >= 0.3 is 0 Å². The Morgan fingerprint density at radius 2 is 2.32 bits per heavy atom. The molecule has 2 atom stereocenters. The quantitative estimate of drug-likeness (QED) is 0.894. The van der Waals surface area contributed by atoms with E-state index in [0.29, 0.717) is 16.5 Å². The topological polar surface area (TPSA) is 46.3 Å². The zero-order valence-electron chi connectivity index (χ0n) is 10.9. The van der Waals surface area contributed by atoms with Gasteiger partial charge in [0, 0.05) is 28.6 Å². The third-order valence-electron chi connectivity index (χ3n) is 3.77. The first-order chi connectivity index (χ1) is 9.02. The normalized spacial score (nSPS) is 23.5. The first kappa shape index (κ1) is 14.8. The van der Waals surface area contributed by atoms with E-state index in [0.717, 1.165) is 30.4 Å². The van der Waals surface area contributed by atoms with Gasteiger partial charge in [0.05, 0.1) is 5.56 Å². The summed E-state index contributed by atoms with van der Waals surface area (Å²) in [6.45, 7) is 3.59. The third-order valence-corrected chi connectivity index (χ3v) is 4.66. The molecule has 1 aromatic carbocycles. The monoisotopic (exact) mass is 344 g/mol. The first-order valence-electron chi connectivity index (χ1n) is 6.52. The fourth-order valence-electron chi connectivity index (χ4n) is 2.50. The lowest BCUT2D eigenvalue weighted by atomic mass is 9.90. The zero-order chi connectivity index (χ0) is 14.0. The number of amides is 1. The lowest BCUT2D eigenvalue weighted by Crippen LogP contribution is -2.49. The van der Waals surface area contributed by atoms with Gasteiger partial charge in [0.2, 0.25) is 0 Å². The van der Waals surface area contributed by atoms with Crippen molar-refractivity contribution in [3.05, 3.63) is 33.3 Å². The summed E-state index contributed by atoms with van der Waals surface area (Å²) < 4.78 is 0.743. The van der Waals surface area contributed by atoms with Crippen LogP contribution in [0, 0.1) is 5.92 Å². The molecule has 1 aliphatic heterocycles. The summed E-state index contributed by atoms with van der Waals surface area (Å²) in [6.07, 6.45) is 1.88. The lowest BCUT2D eigenvalue weighted by Gasteiger charge is -2.36. The van der Waals surface area contributed by atoms with Gasteiger partial charge in [-0.25, -0.2) is 0 Å². The van der Waals surface area contributed by atoms with Crippen molar-refractivity contribution in [1.82, 2.24) is 4.90 Å². The molecule has 0 bridgehead atoms. The van der Waals surface area contributed by atoms with Crippen molar-refractivity contribution in [2.24, 2.45) is 11.7 Å². The fourth-order valence-corrected chi connectivity index (χ4v) is 3.35. The van der Waals surface area contributed by atoms with Crippen molar-refractivity contribution >= 4 is 33.4 Å². The van der Waals surface area contributed by atoms with Crippen molar-refractivity contribution in [3.8, 4) is 0 Å². The minimum Gasteiger partial charge on any atom is -0.338 e. The second kappa shape index (κ2) is 6.25. The zero-order valence-corrected chi connectivity index (χ0v) is 13.2. The number of hydrogen-bond acceptors (Lipinski definition) is 2. The number of piperidine rings is 1. The summed E-state index contributed by atoms with van der Waals surface area (Å²) in [7, 11) is 0. The van der Waals surface area contributed by atoms with Crippen LogP contribution in [-0.2, 0) is 0 Å². The average molecular weight is 346 g/mol. The first-order valence-corrected chi connectivity index (χ1v) is 7.70. The molecule has 1 amide bonds. The summed E-state index contributed by atoms with van der Waals surface area (Å²) >= 11 is 9.30. The van der Waals surface area contributed by atoms with Crippen LogP contribution in [0.15, 0.2) is 22.7 Å². The summed E-state index contributed by atoms with van der Waals surface area (Å²) in [5.41, 5.74) is 6.74. The van der Waals surface area contributed by atoms with E-state index < -0.39 is 0 Å². The smallest absolute Gasteiger partial charge is 0.255 e. The highest BCUT2D eigenvalue weighted by Gasteiger charge is 2.29. The molecule has 1 saturated heterocycles. The van der Waals surface area contributed by atoms with Crippen LogP contribution in [0.5, 0.6) is 0 Å². The Labute approximate surface area is 127 Å². The van der Waals surface area contributed by atoms with Crippen LogP contribution in [0.1, 0.15) is 30.1 Å². The van der Waals surface area contributed by atoms with Crippen LogP contribution in [-0.4, -0.2) is 29.9 Å². The second-order valence-electron chi connectivity index (χ2n) is 5.00. The van der Waals surface area contributed by atoms with E-state index in [9.17, 15) is 4.79 Å². The van der Waals surface area contributed by atoms with Crippen LogP contribution >= 0.6 is 27.5 Å². The largest absolute Gasteiger partial charge is 0.338 e. The standard InChI is InChI=1S/C14H18BrClN2O/c1-2-9-8-18(6-5-13(9)17)14(19)11-4-3-10(16)7-12(11)15/h3-4,7,9,13H,2,5-6,8,17H2,1H3. The molecular weight excluding hydrogens is 328 g/mol. The Hall–Kier alpha value is -0.580. The van der Waals surface area contributed by atoms with Gasteiger partial charge in [-0.3, -0.25) is 4.79 Å². The van der Waals surface area contributed by atoms with E-state index in [2.05, 4.69) is 22.9 Å². The van der Waals surface area contributed by atoms with E-state index in [1.54, 1.807) is 18.2 Å². The Morgan fingerprint density at radius 3 is 2.95 bits per heavy atom. The van der Waals surface area contributed by atoms with Crippen molar-refractivity contribution in [3.63, 3.8) is 0 Å². The van der Waals surface area contributed by atoms with Crippen molar-refractivity contribution in [2.45, 2.75) is 25.8 Å². The minimum atomic E-state index is 0.0499. The SMILES string of the molecule is CCC1CN(C(=O)c2ccc(Cl)cc2Br)CCC1N. The maximum Gasteiger partial charge on any atom is 0.255 e. The molecular formula is C14H18BrClN2O. The molecule has 1 aromatic rings. The Kier molecular flexibility index (Phi) is 4.87. The van der Waals surface area contributed by atoms with Gasteiger partial charge in [0.15, 0.2) is 0 Å². The van der Waals surface area contributed by atoms with Gasteiger partial charge in [0.25, 0.3) is 5.91 Å². The predicted molar refractivity (Wildman–Crippen MR) is 81.4 cm³/mol. The van der Waals surface area contributed by atoms with Gasteiger partial charge < -0.3 is 10.6 Å². The van der Waals surface area contributed by atoms with Gasteiger partial charge in [-0.2, -0.15) is 0 Å². The summed E-state index contributed by atoms with van der Waals surface area (Å²) in [5.74, 6) is 0.442. The molecule has 1 heterocycles. The molecule has 0 spiro atoms. The number of carbonyl (C=O) groups excluding carboxylic acids is 1. The highest BCUT2D eigenvalue weighted by atomic mass is 79.9. The Bertz CT molecular complexity index is 481. The molecule has 1 fully saturated rings. The van der Waals surface area contributed by atoms with Crippen LogP contribution in [0.3, 0.4) is 0 Å². The molecule has 0 radical (unpaired) electrons. The second-order valence-corrected chi connectivity index (χ2v) is 6.29. The van der Waals surface area contributed by atoms with Crippen LogP contribution in [0.2, 0.25) is 5.02 Å². The molecule has 0 aliphatic carbocycles. The highest BCUT2D eigenvalue weighted by Crippen LogP contribution is 2.25. The van der Waals surface area contributed by atoms with Crippen LogP contribution in [0.4, 0.5) is 0 Å². The predicted octanol–water partition coefficient (Wildman–Crippen LogP) is 3.30. The Morgan fingerprint density at radius 1 is 1.58 bits per heavy atom. The van der Waals surface area contributed by atoms with Gasteiger partial charge in [0.1, 0.15) is 0 Å². The number of halogens is 2. The van der Waals surface area contributed by atoms with E-state index >= 15 is 0 Å². The van der Waals surface area contributed by atoms with E-state index in [1.807, 2.05) is 4.90 Å². The molecule has 0 saturated carbocycles. The van der Waals surface area contributed by atoms with Crippen LogP contribution in [0.25, 0.3) is 0 Å². The number of hydrogen-bond donors (Lipinski definition) is 1. The molecule has 0 aromatic heterocycles. The Balaban J connectivity index is 2.15. The highest BCUT2D eigenvalue weighted by molar-refractivity contribution is 9.10. The van der Waals surface area contributed by atoms with Gasteiger partial charge in [-0.05, 0) is 46.5 Å². The van der Waals surface area contributed by atoms with E-state index in [4.69, 9.17) is 17.3 Å². The summed E-state index contributed by atoms with van der Waals surface area (Å²) in [4.78, 5) is 14.4. The summed E-state index contributed by atoms with van der Waals surface area (Å²) in [6, 6.07) is 5.47. The molecule has 1 aliphatic rings. The fraction of sp³-hybridized carbons (Fsp3) is 0.500. The van der Waals surface area contributed by atoms with Gasteiger partial charge in [-0.1, -0.05) is 24.9 Å². The molecule has 3 nitrogen and oxygen atoms in total. The third kappa shape index (κ3) is 3.30. The average Bonchev–Trinajstić information content (AvgIpc) is 2.38. The van der Waals surface area contributed by atoms with Crippen molar-refractivity contribution in [2.75, 3.05) is 13.1 Å². The maximum absolute atomic E-state index is 12.5. The molecule has 5 heteroatoms. The van der Waals surface area contributed by atoms with Gasteiger partial charge in [-0.15, -0.1) is 0 Å². The van der Waals surface area contributed by atoms with E-state index in [1.165, 1.54) is 0 Å². The molecule has 19 heavy (non-hydrogen) atoms. The molecule has 2 N–H and O–H groups in total. The number of likely N-dealkylation sites (tertiary alicyclic amines) is 1. The van der Waals surface area contributed by atoms with Crippen molar-refractivity contribution < 1.29 is 4.79 Å². The number of carbonyl (C=O) groups is 1. The van der Waals surface area contributed by atoms with Crippen molar-refractivity contribution in [1.29, 1.82) is 0 Å². The molecule has 2 rings (SSSR count). The van der Waals surface area contributed by atoms with Crippen LogP contribution < -0.4 is 5.73 Å². The lowest BCUT2D eigenvalue weighted by molar-refractivity contribution is 0.0648. The van der Waals surface area contributed by atoms with E-state index in [-0.39, 0.29) is 11.9 Å². The summed E-state index contributed by atoms with van der Waals surface area (Å²) in [5, 5.41) is 0.621. The number of rotatable bonds is 2. The maximum atomic E-state index is 12.5.